The number of aromatic hydroxyl groups is 2. The van der Waals surface area contributed by atoms with Crippen LogP contribution in [0.2, 0.25) is 0 Å². The van der Waals surface area contributed by atoms with E-state index in [4.69, 9.17) is 0 Å². The summed E-state index contributed by atoms with van der Waals surface area (Å²) in [6, 6.07) is 13.9. The number of halogens is 2. The number of phenols is 2. The van der Waals surface area contributed by atoms with Gasteiger partial charge in [-0.15, -0.1) is 17.0 Å². The van der Waals surface area contributed by atoms with E-state index in [1.165, 1.54) is 11.1 Å². The van der Waals surface area contributed by atoms with Crippen LogP contribution in [0.25, 0.3) is 0 Å². The van der Waals surface area contributed by atoms with Gasteiger partial charge in [0.1, 0.15) is 11.5 Å². The van der Waals surface area contributed by atoms with Crippen molar-refractivity contribution in [2.24, 2.45) is 0 Å². The second kappa shape index (κ2) is 8.85. The molecule has 2 aromatic carbocycles. The van der Waals surface area contributed by atoms with Crippen molar-refractivity contribution in [3.8, 4) is 11.5 Å². The Kier molecular flexibility index (Phi) is 7.10. The maximum Gasteiger partial charge on any atom is 0.129 e. The first-order valence-electron chi connectivity index (χ1n) is 7.82. The van der Waals surface area contributed by atoms with Gasteiger partial charge in [-0.25, -0.2) is 0 Å². The molecule has 1 heterocycles. The van der Waals surface area contributed by atoms with E-state index < -0.39 is 0 Å². The normalized spacial score (nSPS) is 20.4. The molecule has 130 valence electrons. The molecule has 0 bridgehead atoms. The van der Waals surface area contributed by atoms with E-state index in [-0.39, 0.29) is 22.7 Å². The van der Waals surface area contributed by atoms with E-state index >= 15 is 0 Å². The van der Waals surface area contributed by atoms with Crippen molar-refractivity contribution < 1.29 is 10.2 Å². The van der Waals surface area contributed by atoms with Gasteiger partial charge in [0.25, 0.3) is 0 Å². The van der Waals surface area contributed by atoms with E-state index in [0.29, 0.717) is 17.8 Å². The van der Waals surface area contributed by atoms with Crippen LogP contribution in [0.4, 0.5) is 0 Å². The summed E-state index contributed by atoms with van der Waals surface area (Å²) in [5.41, 5.74) is 2.42. The van der Waals surface area contributed by atoms with Crippen LogP contribution in [0.3, 0.4) is 0 Å². The molecule has 0 amide bonds. The summed E-state index contributed by atoms with van der Waals surface area (Å²) in [6.45, 7) is 1.84. The third-order valence-corrected chi connectivity index (χ3v) is 4.85. The summed E-state index contributed by atoms with van der Waals surface area (Å²) < 4.78 is 0.740. The molecule has 0 radical (unpaired) electrons. The Morgan fingerprint density at radius 1 is 0.875 bits per heavy atom. The van der Waals surface area contributed by atoms with Crippen LogP contribution in [0, 0.1) is 0 Å². The van der Waals surface area contributed by atoms with E-state index in [1.54, 1.807) is 18.2 Å². The first kappa shape index (κ1) is 19.2. The zero-order valence-corrected chi connectivity index (χ0v) is 16.5. The Balaban J connectivity index is 0.00000208. The highest BCUT2D eigenvalue weighted by Gasteiger charge is 2.20. The fraction of sp³-hybridized carbons (Fsp3) is 0.333. The number of phenolic OH excluding ortho intramolecular Hbond substituents is 2. The van der Waals surface area contributed by atoms with Gasteiger partial charge in [0.15, 0.2) is 0 Å². The van der Waals surface area contributed by atoms with Crippen LogP contribution >= 0.6 is 32.9 Å². The molecule has 4 N–H and O–H groups in total. The fourth-order valence-electron chi connectivity index (χ4n) is 2.93. The number of hydrogen-bond acceptors (Lipinski definition) is 4. The van der Waals surface area contributed by atoms with E-state index in [1.807, 2.05) is 24.3 Å². The van der Waals surface area contributed by atoms with E-state index in [2.05, 4.69) is 26.6 Å². The van der Waals surface area contributed by atoms with Crippen molar-refractivity contribution in [2.75, 3.05) is 13.1 Å². The molecule has 4 nitrogen and oxygen atoms in total. The van der Waals surface area contributed by atoms with Gasteiger partial charge in [0, 0.05) is 25.2 Å². The second-order valence-corrected chi connectivity index (χ2v) is 6.93. The molecule has 1 aliphatic heterocycles. The SMILES string of the molecule is Br.Oc1ccc(C[C@@H]2CN[C@H](Cc3ccc(O)c(Br)c3)CN2)cc1. The van der Waals surface area contributed by atoms with Crippen molar-refractivity contribution in [2.45, 2.75) is 24.9 Å². The van der Waals surface area contributed by atoms with Gasteiger partial charge < -0.3 is 20.8 Å². The Morgan fingerprint density at radius 2 is 1.42 bits per heavy atom. The van der Waals surface area contributed by atoms with Crippen LogP contribution in [-0.2, 0) is 12.8 Å². The first-order chi connectivity index (χ1) is 11.1. The van der Waals surface area contributed by atoms with Gasteiger partial charge in [-0.2, -0.15) is 0 Å². The molecule has 6 heteroatoms. The Labute approximate surface area is 161 Å². The van der Waals surface area contributed by atoms with Crippen LogP contribution in [0.5, 0.6) is 11.5 Å². The second-order valence-electron chi connectivity index (χ2n) is 6.07. The van der Waals surface area contributed by atoms with Crippen LogP contribution in [0.1, 0.15) is 11.1 Å². The Hall–Kier alpha value is -1.08. The standard InChI is InChI=1S/C18H21BrN2O2.BrH/c19-17-9-13(3-6-18(17)23)8-15-11-20-14(10-21-15)7-12-1-4-16(22)5-2-12;/h1-6,9,14-15,20-23H,7-8,10-11H2;1H/t14-,15-;/m1./s1. The predicted octanol–water partition coefficient (Wildman–Crippen LogP) is 3.15. The molecule has 0 unspecified atom stereocenters. The Morgan fingerprint density at radius 3 is 1.96 bits per heavy atom. The van der Waals surface area contributed by atoms with Gasteiger partial charge in [-0.1, -0.05) is 18.2 Å². The molecule has 1 aliphatic rings. The smallest absolute Gasteiger partial charge is 0.129 e. The Bertz CT molecular complexity index is 657. The molecule has 1 saturated heterocycles. The number of nitrogens with one attached hydrogen (secondary N) is 2. The van der Waals surface area contributed by atoms with Crippen molar-refractivity contribution in [1.29, 1.82) is 0 Å². The summed E-state index contributed by atoms with van der Waals surface area (Å²) in [5, 5.41) is 26.1. The average Bonchev–Trinajstić information content (AvgIpc) is 2.55. The lowest BCUT2D eigenvalue weighted by Gasteiger charge is -2.31. The fourth-order valence-corrected chi connectivity index (χ4v) is 3.36. The van der Waals surface area contributed by atoms with Crippen molar-refractivity contribution in [1.82, 2.24) is 10.6 Å². The molecule has 2 atom stereocenters. The quantitative estimate of drug-likeness (QED) is 0.569. The van der Waals surface area contributed by atoms with Gasteiger partial charge in [0.05, 0.1) is 4.47 Å². The average molecular weight is 458 g/mol. The highest BCUT2D eigenvalue weighted by molar-refractivity contribution is 9.10. The monoisotopic (exact) mass is 456 g/mol. The maximum absolute atomic E-state index is 9.55. The van der Waals surface area contributed by atoms with Crippen LogP contribution in [0.15, 0.2) is 46.9 Å². The number of rotatable bonds is 4. The molecule has 2 aromatic rings. The van der Waals surface area contributed by atoms with Gasteiger partial charge in [0.2, 0.25) is 0 Å². The lowest BCUT2D eigenvalue weighted by Crippen LogP contribution is -2.55. The maximum atomic E-state index is 9.55. The third-order valence-electron chi connectivity index (χ3n) is 4.22. The summed E-state index contributed by atoms with van der Waals surface area (Å²) in [4.78, 5) is 0. The summed E-state index contributed by atoms with van der Waals surface area (Å²) in [6.07, 6.45) is 1.88. The molecule has 0 spiro atoms. The lowest BCUT2D eigenvalue weighted by molar-refractivity contribution is 0.342. The molecular formula is C18H22Br2N2O2. The van der Waals surface area contributed by atoms with Gasteiger partial charge >= 0.3 is 0 Å². The molecule has 1 fully saturated rings. The molecule has 3 rings (SSSR count). The summed E-state index contributed by atoms with van der Waals surface area (Å²) in [7, 11) is 0. The molecule has 0 aromatic heterocycles. The van der Waals surface area contributed by atoms with Gasteiger partial charge in [-0.3, -0.25) is 0 Å². The van der Waals surface area contributed by atoms with Crippen molar-refractivity contribution in [3.05, 3.63) is 58.1 Å². The largest absolute Gasteiger partial charge is 0.508 e. The van der Waals surface area contributed by atoms with Crippen LogP contribution < -0.4 is 10.6 Å². The number of piperazine rings is 1. The highest BCUT2D eigenvalue weighted by atomic mass is 79.9. The number of hydrogen-bond donors (Lipinski definition) is 4. The van der Waals surface area contributed by atoms with E-state index in [9.17, 15) is 10.2 Å². The minimum atomic E-state index is 0. The topological polar surface area (TPSA) is 64.5 Å². The van der Waals surface area contributed by atoms with E-state index in [0.717, 1.165) is 30.4 Å². The van der Waals surface area contributed by atoms with Crippen LogP contribution in [-0.4, -0.2) is 35.4 Å². The minimum absolute atomic E-state index is 0. The molecule has 24 heavy (non-hydrogen) atoms. The molecule has 0 saturated carbocycles. The third kappa shape index (κ3) is 5.21. The molecular weight excluding hydrogens is 436 g/mol. The minimum Gasteiger partial charge on any atom is -0.508 e. The summed E-state index contributed by atoms with van der Waals surface area (Å²) >= 11 is 3.36. The van der Waals surface area contributed by atoms with Crippen molar-refractivity contribution in [3.63, 3.8) is 0 Å². The zero-order valence-electron chi connectivity index (χ0n) is 13.2. The summed E-state index contributed by atoms with van der Waals surface area (Å²) in [5.74, 6) is 0.584. The van der Waals surface area contributed by atoms with Crippen molar-refractivity contribution >= 4 is 32.9 Å². The predicted molar refractivity (Wildman–Crippen MR) is 105 cm³/mol. The lowest BCUT2D eigenvalue weighted by atomic mass is 10.00. The zero-order chi connectivity index (χ0) is 16.2. The molecule has 0 aliphatic carbocycles. The number of benzene rings is 2. The van der Waals surface area contributed by atoms with Gasteiger partial charge in [-0.05, 0) is 64.2 Å². The highest BCUT2D eigenvalue weighted by Crippen LogP contribution is 2.25. The first-order valence-corrected chi connectivity index (χ1v) is 8.61.